The molecule has 0 bridgehead atoms. The highest BCUT2D eigenvalue weighted by molar-refractivity contribution is 5.58. The van der Waals surface area contributed by atoms with Crippen LogP contribution in [0.1, 0.15) is 19.4 Å². The number of nitrogens with two attached hydrogens (primary N) is 2. The maximum atomic E-state index is 5.86. The van der Waals surface area contributed by atoms with Gasteiger partial charge in [0.1, 0.15) is 0 Å². The second-order valence-corrected chi connectivity index (χ2v) is 4.04. The highest BCUT2D eigenvalue weighted by Crippen LogP contribution is 2.23. The number of nitrogens with zero attached hydrogens (tertiary/aromatic N) is 1. The van der Waals surface area contributed by atoms with Gasteiger partial charge < -0.3 is 16.4 Å². The summed E-state index contributed by atoms with van der Waals surface area (Å²) in [6.45, 7) is 4.06. The SMILES string of the molecule is C.Cc1cc(N2CCC(N)C2)ccc1N. The maximum absolute atomic E-state index is 5.86. The minimum Gasteiger partial charge on any atom is -0.399 e. The molecule has 3 heteroatoms. The zero-order chi connectivity index (χ0) is 10.1. The van der Waals surface area contributed by atoms with Gasteiger partial charge in [0.25, 0.3) is 0 Å². The molecule has 1 aromatic rings. The van der Waals surface area contributed by atoms with Gasteiger partial charge in [-0.05, 0) is 37.1 Å². The van der Waals surface area contributed by atoms with Gasteiger partial charge in [-0.2, -0.15) is 0 Å². The van der Waals surface area contributed by atoms with Crippen LogP contribution in [-0.2, 0) is 0 Å². The molecule has 0 amide bonds. The highest BCUT2D eigenvalue weighted by atomic mass is 15.2. The molecule has 0 aliphatic carbocycles. The van der Waals surface area contributed by atoms with Crippen molar-refractivity contribution < 1.29 is 0 Å². The first-order valence-electron chi connectivity index (χ1n) is 5.03. The second kappa shape index (κ2) is 4.53. The molecule has 0 saturated carbocycles. The summed E-state index contributed by atoms with van der Waals surface area (Å²) < 4.78 is 0. The molecule has 3 nitrogen and oxygen atoms in total. The lowest BCUT2D eigenvalue weighted by Gasteiger charge is -2.18. The Balaban J connectivity index is 0.00000112. The quantitative estimate of drug-likeness (QED) is 0.690. The largest absolute Gasteiger partial charge is 0.399 e. The number of benzene rings is 1. The fraction of sp³-hybridized carbons (Fsp3) is 0.500. The van der Waals surface area contributed by atoms with Gasteiger partial charge in [0.2, 0.25) is 0 Å². The summed E-state index contributed by atoms with van der Waals surface area (Å²) in [6, 6.07) is 6.50. The van der Waals surface area contributed by atoms with Crippen LogP contribution >= 0.6 is 0 Å². The Morgan fingerprint density at radius 3 is 2.67 bits per heavy atom. The summed E-state index contributed by atoms with van der Waals surface area (Å²) in [5, 5.41) is 0. The van der Waals surface area contributed by atoms with Crippen molar-refractivity contribution in [3.63, 3.8) is 0 Å². The van der Waals surface area contributed by atoms with E-state index < -0.39 is 0 Å². The van der Waals surface area contributed by atoms with Crippen LogP contribution < -0.4 is 16.4 Å². The molecule has 1 heterocycles. The average molecular weight is 207 g/mol. The van der Waals surface area contributed by atoms with Gasteiger partial charge in [-0.3, -0.25) is 0 Å². The molecule has 1 aliphatic heterocycles. The molecule has 0 radical (unpaired) electrons. The molecule has 1 aromatic carbocycles. The summed E-state index contributed by atoms with van der Waals surface area (Å²) in [4.78, 5) is 2.32. The molecule has 15 heavy (non-hydrogen) atoms. The predicted octanol–water partition coefficient (Wildman–Crippen LogP) is 1.75. The Morgan fingerprint density at radius 2 is 2.13 bits per heavy atom. The minimum absolute atomic E-state index is 0. The molecule has 84 valence electrons. The van der Waals surface area contributed by atoms with E-state index in [4.69, 9.17) is 11.5 Å². The van der Waals surface area contributed by atoms with Gasteiger partial charge in [0.05, 0.1) is 0 Å². The minimum atomic E-state index is 0. The van der Waals surface area contributed by atoms with E-state index >= 15 is 0 Å². The first kappa shape index (κ1) is 11.9. The number of rotatable bonds is 1. The summed E-state index contributed by atoms with van der Waals surface area (Å²) in [6.07, 6.45) is 1.09. The predicted molar refractivity (Wildman–Crippen MR) is 67.1 cm³/mol. The Morgan fingerprint density at radius 1 is 1.40 bits per heavy atom. The van der Waals surface area contributed by atoms with Crippen LogP contribution in [0.3, 0.4) is 0 Å². The van der Waals surface area contributed by atoms with E-state index in [1.54, 1.807) is 0 Å². The molecule has 0 spiro atoms. The van der Waals surface area contributed by atoms with Crippen molar-refractivity contribution in [2.45, 2.75) is 26.8 Å². The standard InChI is InChI=1S/C11H17N3.CH4/c1-8-6-10(2-3-11(8)13)14-5-4-9(12)7-14;/h2-3,6,9H,4-5,7,12-13H2,1H3;1H4. The van der Waals surface area contributed by atoms with Gasteiger partial charge in [0.15, 0.2) is 0 Å². The third kappa shape index (κ3) is 2.42. The van der Waals surface area contributed by atoms with Gasteiger partial charge in [-0.1, -0.05) is 7.43 Å². The average Bonchev–Trinajstić information content (AvgIpc) is 2.57. The second-order valence-electron chi connectivity index (χ2n) is 4.04. The summed E-state index contributed by atoms with van der Waals surface area (Å²) in [7, 11) is 0. The molecule has 1 atom stereocenters. The molecule has 1 saturated heterocycles. The van der Waals surface area contributed by atoms with Crippen molar-refractivity contribution >= 4 is 11.4 Å². The van der Waals surface area contributed by atoms with E-state index in [-0.39, 0.29) is 7.43 Å². The van der Waals surface area contributed by atoms with Crippen LogP contribution in [0.15, 0.2) is 18.2 Å². The van der Waals surface area contributed by atoms with Gasteiger partial charge in [-0.25, -0.2) is 0 Å². The molecule has 1 aliphatic rings. The van der Waals surface area contributed by atoms with Crippen molar-refractivity contribution in [3.05, 3.63) is 23.8 Å². The van der Waals surface area contributed by atoms with Crippen molar-refractivity contribution in [2.75, 3.05) is 23.7 Å². The summed E-state index contributed by atoms with van der Waals surface area (Å²) >= 11 is 0. The van der Waals surface area contributed by atoms with Crippen LogP contribution in [0, 0.1) is 6.92 Å². The van der Waals surface area contributed by atoms with Crippen molar-refractivity contribution in [1.29, 1.82) is 0 Å². The Hall–Kier alpha value is -1.22. The smallest absolute Gasteiger partial charge is 0.0370 e. The molecule has 1 fully saturated rings. The van der Waals surface area contributed by atoms with Gasteiger partial charge >= 0.3 is 0 Å². The maximum Gasteiger partial charge on any atom is 0.0370 e. The lowest BCUT2D eigenvalue weighted by Crippen LogP contribution is -2.26. The van der Waals surface area contributed by atoms with Crippen LogP contribution in [0.25, 0.3) is 0 Å². The molecule has 4 N–H and O–H groups in total. The Kier molecular flexibility index (Phi) is 3.58. The monoisotopic (exact) mass is 207 g/mol. The number of anilines is 2. The van der Waals surface area contributed by atoms with Crippen molar-refractivity contribution in [1.82, 2.24) is 0 Å². The zero-order valence-electron chi connectivity index (χ0n) is 8.53. The van der Waals surface area contributed by atoms with Crippen molar-refractivity contribution in [2.24, 2.45) is 5.73 Å². The van der Waals surface area contributed by atoms with Gasteiger partial charge in [-0.15, -0.1) is 0 Å². The molecule has 2 rings (SSSR count). The third-order valence-electron chi connectivity index (χ3n) is 2.84. The number of nitrogen functional groups attached to an aromatic ring is 1. The fourth-order valence-corrected chi connectivity index (χ4v) is 1.88. The van der Waals surface area contributed by atoms with E-state index in [1.165, 1.54) is 5.69 Å². The summed E-state index contributed by atoms with van der Waals surface area (Å²) in [5.74, 6) is 0. The Bertz CT molecular complexity index is 336. The Labute approximate surface area is 92.1 Å². The fourth-order valence-electron chi connectivity index (χ4n) is 1.88. The van der Waals surface area contributed by atoms with E-state index in [0.29, 0.717) is 6.04 Å². The first-order valence-corrected chi connectivity index (χ1v) is 5.03. The number of hydrogen-bond acceptors (Lipinski definition) is 3. The molecule has 0 aromatic heterocycles. The zero-order valence-corrected chi connectivity index (χ0v) is 8.53. The molecule has 1 unspecified atom stereocenters. The van der Waals surface area contributed by atoms with Crippen LogP contribution in [-0.4, -0.2) is 19.1 Å². The lowest BCUT2D eigenvalue weighted by atomic mass is 10.2. The first-order chi connectivity index (χ1) is 6.66. The van der Waals surface area contributed by atoms with E-state index in [0.717, 1.165) is 30.8 Å². The number of hydrogen-bond donors (Lipinski definition) is 2. The normalized spacial score (nSPS) is 20.1. The summed E-state index contributed by atoms with van der Waals surface area (Å²) in [5.41, 5.74) is 14.9. The van der Waals surface area contributed by atoms with E-state index in [2.05, 4.69) is 17.0 Å². The molecular formula is C12H21N3. The van der Waals surface area contributed by atoms with E-state index in [1.807, 2.05) is 13.0 Å². The lowest BCUT2D eigenvalue weighted by molar-refractivity contribution is 0.752. The third-order valence-corrected chi connectivity index (χ3v) is 2.84. The van der Waals surface area contributed by atoms with Gasteiger partial charge in [0, 0.05) is 30.5 Å². The van der Waals surface area contributed by atoms with Crippen molar-refractivity contribution in [3.8, 4) is 0 Å². The van der Waals surface area contributed by atoms with Crippen LogP contribution in [0.4, 0.5) is 11.4 Å². The van der Waals surface area contributed by atoms with Crippen LogP contribution in [0.2, 0.25) is 0 Å². The topological polar surface area (TPSA) is 55.3 Å². The van der Waals surface area contributed by atoms with Crippen LogP contribution in [0.5, 0.6) is 0 Å². The van der Waals surface area contributed by atoms with E-state index in [9.17, 15) is 0 Å². The number of aryl methyl sites for hydroxylation is 1. The highest BCUT2D eigenvalue weighted by Gasteiger charge is 2.19. The molecular weight excluding hydrogens is 186 g/mol.